The minimum atomic E-state index is 0.142. The van der Waals surface area contributed by atoms with Crippen LogP contribution in [0.5, 0.6) is 5.75 Å². The summed E-state index contributed by atoms with van der Waals surface area (Å²) in [5, 5.41) is 14.7. The molecule has 20 heavy (non-hydrogen) atoms. The average molecular weight is 287 g/mol. The molecule has 0 saturated heterocycles. The van der Waals surface area contributed by atoms with E-state index in [0.29, 0.717) is 18.2 Å². The van der Waals surface area contributed by atoms with Gasteiger partial charge < -0.3 is 10.4 Å². The van der Waals surface area contributed by atoms with Gasteiger partial charge in [-0.2, -0.15) is 0 Å². The smallest absolute Gasteiger partial charge is 0.221 e. The van der Waals surface area contributed by atoms with Crippen LogP contribution in [0.25, 0.3) is 10.8 Å². The van der Waals surface area contributed by atoms with E-state index in [1.165, 1.54) is 0 Å². The molecule has 2 aromatic carbocycles. The van der Waals surface area contributed by atoms with Gasteiger partial charge in [-0.15, -0.1) is 11.8 Å². The second-order valence-electron chi connectivity index (χ2n) is 5.07. The fourth-order valence-electron chi connectivity index (χ4n) is 2.16. The van der Waals surface area contributed by atoms with Crippen molar-refractivity contribution in [2.45, 2.75) is 30.2 Å². The molecule has 3 rings (SSSR count). The summed E-state index contributed by atoms with van der Waals surface area (Å²) < 4.78 is 0. The molecular weight excluding hydrogens is 270 g/mol. The average Bonchev–Trinajstić information content (AvgIpc) is 3.26. The highest BCUT2D eigenvalue weighted by Crippen LogP contribution is 2.33. The zero-order valence-corrected chi connectivity index (χ0v) is 12.0. The van der Waals surface area contributed by atoms with Crippen LogP contribution < -0.4 is 5.32 Å². The molecule has 2 N–H and O–H groups in total. The van der Waals surface area contributed by atoms with E-state index in [2.05, 4.69) is 5.32 Å². The molecule has 0 heterocycles. The number of phenols is 1. The predicted octanol–water partition coefficient (Wildman–Crippen LogP) is 3.31. The molecule has 1 fully saturated rings. The SMILES string of the molecule is O=C(CCSc1ccc(O)c2ccccc12)NC1CC1. The number of aromatic hydroxyl groups is 1. The summed E-state index contributed by atoms with van der Waals surface area (Å²) in [5.74, 6) is 1.20. The van der Waals surface area contributed by atoms with Gasteiger partial charge in [0.25, 0.3) is 0 Å². The van der Waals surface area contributed by atoms with Gasteiger partial charge in [-0.25, -0.2) is 0 Å². The van der Waals surface area contributed by atoms with Gasteiger partial charge in [-0.3, -0.25) is 4.79 Å². The summed E-state index contributed by atoms with van der Waals surface area (Å²) in [4.78, 5) is 12.7. The Balaban J connectivity index is 1.65. The van der Waals surface area contributed by atoms with E-state index in [0.717, 1.165) is 34.3 Å². The predicted molar refractivity (Wildman–Crippen MR) is 82.1 cm³/mol. The maximum absolute atomic E-state index is 11.6. The Bertz CT molecular complexity index is 637. The highest BCUT2D eigenvalue weighted by atomic mass is 32.2. The van der Waals surface area contributed by atoms with Crippen molar-refractivity contribution in [2.75, 3.05) is 5.75 Å². The van der Waals surface area contributed by atoms with E-state index in [1.807, 2.05) is 30.3 Å². The van der Waals surface area contributed by atoms with Gasteiger partial charge in [-0.1, -0.05) is 24.3 Å². The lowest BCUT2D eigenvalue weighted by molar-refractivity contribution is -0.120. The highest BCUT2D eigenvalue weighted by molar-refractivity contribution is 7.99. The molecule has 4 heteroatoms. The molecule has 0 atom stereocenters. The van der Waals surface area contributed by atoms with E-state index in [4.69, 9.17) is 0 Å². The monoisotopic (exact) mass is 287 g/mol. The molecule has 0 unspecified atom stereocenters. The van der Waals surface area contributed by atoms with Gasteiger partial charge in [0.15, 0.2) is 0 Å². The van der Waals surface area contributed by atoms with Gasteiger partial charge in [0.05, 0.1) is 0 Å². The lowest BCUT2D eigenvalue weighted by Crippen LogP contribution is -2.25. The molecule has 1 amide bonds. The quantitative estimate of drug-likeness (QED) is 0.830. The van der Waals surface area contributed by atoms with Crippen LogP contribution in [-0.2, 0) is 4.79 Å². The Kier molecular flexibility index (Phi) is 3.83. The zero-order chi connectivity index (χ0) is 13.9. The minimum absolute atomic E-state index is 0.142. The second kappa shape index (κ2) is 5.75. The summed E-state index contributed by atoms with van der Waals surface area (Å²) in [6, 6.07) is 11.9. The first-order valence-corrected chi connectivity index (χ1v) is 7.85. The lowest BCUT2D eigenvalue weighted by Gasteiger charge is -2.08. The van der Waals surface area contributed by atoms with Crippen molar-refractivity contribution < 1.29 is 9.90 Å². The van der Waals surface area contributed by atoms with Crippen LogP contribution in [0, 0.1) is 0 Å². The second-order valence-corrected chi connectivity index (χ2v) is 6.21. The number of nitrogens with one attached hydrogen (secondary N) is 1. The fourth-order valence-corrected chi connectivity index (χ4v) is 3.17. The van der Waals surface area contributed by atoms with Crippen LogP contribution >= 0.6 is 11.8 Å². The number of carbonyl (C=O) groups is 1. The van der Waals surface area contributed by atoms with Crippen molar-refractivity contribution in [3.8, 4) is 5.75 Å². The Morgan fingerprint density at radius 1 is 1.20 bits per heavy atom. The van der Waals surface area contributed by atoms with Gasteiger partial charge in [0, 0.05) is 28.5 Å². The molecule has 0 aliphatic heterocycles. The van der Waals surface area contributed by atoms with Gasteiger partial charge >= 0.3 is 0 Å². The minimum Gasteiger partial charge on any atom is -0.507 e. The molecule has 104 valence electrons. The molecular formula is C16H17NO2S. The largest absolute Gasteiger partial charge is 0.507 e. The van der Waals surface area contributed by atoms with Crippen molar-refractivity contribution in [3.63, 3.8) is 0 Å². The number of benzene rings is 2. The molecule has 0 bridgehead atoms. The number of hydrogen-bond acceptors (Lipinski definition) is 3. The van der Waals surface area contributed by atoms with Crippen molar-refractivity contribution >= 4 is 28.4 Å². The first-order chi connectivity index (χ1) is 9.74. The Morgan fingerprint density at radius 3 is 2.70 bits per heavy atom. The highest BCUT2D eigenvalue weighted by Gasteiger charge is 2.22. The van der Waals surface area contributed by atoms with Gasteiger partial charge in [0.1, 0.15) is 5.75 Å². The Morgan fingerprint density at radius 2 is 1.95 bits per heavy atom. The maximum Gasteiger partial charge on any atom is 0.221 e. The van der Waals surface area contributed by atoms with E-state index < -0.39 is 0 Å². The topological polar surface area (TPSA) is 49.3 Å². The van der Waals surface area contributed by atoms with Gasteiger partial charge in [0.2, 0.25) is 5.91 Å². The zero-order valence-electron chi connectivity index (χ0n) is 11.1. The number of amides is 1. The standard InChI is InChI=1S/C16H17NO2S/c18-14-7-8-15(13-4-2-1-3-12(13)14)20-10-9-16(19)17-11-5-6-11/h1-4,7-8,11,18H,5-6,9-10H2,(H,17,19). The normalized spacial score (nSPS) is 14.4. The van der Waals surface area contributed by atoms with Gasteiger partial charge in [-0.05, 0) is 30.4 Å². The molecule has 2 aromatic rings. The van der Waals surface area contributed by atoms with Crippen molar-refractivity contribution in [3.05, 3.63) is 36.4 Å². The third kappa shape index (κ3) is 3.07. The van der Waals surface area contributed by atoms with Crippen molar-refractivity contribution in [1.29, 1.82) is 0 Å². The van der Waals surface area contributed by atoms with E-state index >= 15 is 0 Å². The van der Waals surface area contributed by atoms with E-state index in [9.17, 15) is 9.90 Å². The summed E-state index contributed by atoms with van der Waals surface area (Å²) in [6.45, 7) is 0. The Labute approximate surface area is 122 Å². The van der Waals surface area contributed by atoms with Crippen LogP contribution in [0.2, 0.25) is 0 Å². The van der Waals surface area contributed by atoms with E-state index in [-0.39, 0.29) is 5.91 Å². The summed E-state index contributed by atoms with van der Waals surface area (Å²) in [5.41, 5.74) is 0. The molecule has 0 spiro atoms. The van der Waals surface area contributed by atoms with Crippen LogP contribution in [0.15, 0.2) is 41.3 Å². The molecule has 0 aromatic heterocycles. The first-order valence-electron chi connectivity index (χ1n) is 6.87. The number of carbonyl (C=O) groups excluding carboxylic acids is 1. The molecule has 3 nitrogen and oxygen atoms in total. The molecule has 1 aliphatic carbocycles. The molecule has 1 saturated carbocycles. The lowest BCUT2D eigenvalue weighted by atomic mass is 10.1. The Hall–Kier alpha value is -1.68. The number of rotatable bonds is 5. The van der Waals surface area contributed by atoms with Crippen LogP contribution in [0.3, 0.4) is 0 Å². The van der Waals surface area contributed by atoms with Crippen LogP contribution in [0.4, 0.5) is 0 Å². The molecule has 1 aliphatic rings. The van der Waals surface area contributed by atoms with Crippen molar-refractivity contribution in [1.82, 2.24) is 5.32 Å². The number of fused-ring (bicyclic) bond motifs is 1. The fraction of sp³-hybridized carbons (Fsp3) is 0.312. The molecule has 0 radical (unpaired) electrons. The number of phenolic OH excluding ortho intramolecular Hbond substituents is 1. The summed E-state index contributed by atoms with van der Waals surface area (Å²) >= 11 is 1.66. The maximum atomic E-state index is 11.6. The summed E-state index contributed by atoms with van der Waals surface area (Å²) in [6.07, 6.45) is 2.79. The third-order valence-electron chi connectivity index (χ3n) is 3.39. The van der Waals surface area contributed by atoms with Crippen LogP contribution in [-0.4, -0.2) is 22.8 Å². The van der Waals surface area contributed by atoms with E-state index in [1.54, 1.807) is 17.8 Å². The first kappa shape index (κ1) is 13.3. The van der Waals surface area contributed by atoms with Crippen LogP contribution in [0.1, 0.15) is 19.3 Å². The third-order valence-corrected chi connectivity index (χ3v) is 4.47. The van der Waals surface area contributed by atoms with Crippen molar-refractivity contribution in [2.24, 2.45) is 0 Å². The number of thioether (sulfide) groups is 1. The summed E-state index contributed by atoms with van der Waals surface area (Å²) in [7, 11) is 0. The number of hydrogen-bond donors (Lipinski definition) is 2.